The van der Waals surface area contributed by atoms with Crippen molar-refractivity contribution in [3.63, 3.8) is 0 Å². The van der Waals surface area contributed by atoms with Crippen LogP contribution in [0.25, 0.3) is 11.5 Å². The Morgan fingerprint density at radius 1 is 1.35 bits per heavy atom. The van der Waals surface area contributed by atoms with E-state index in [4.69, 9.17) is 9.26 Å². The Labute approximate surface area is 159 Å². The van der Waals surface area contributed by atoms with Gasteiger partial charge in [0.15, 0.2) is 10.2 Å². The minimum Gasteiger partial charge on any atom is -0.376 e. The minimum atomic E-state index is 0.286. The molecule has 0 saturated carbocycles. The van der Waals surface area contributed by atoms with E-state index in [0.29, 0.717) is 17.5 Å². The van der Waals surface area contributed by atoms with E-state index < -0.39 is 0 Å². The molecule has 0 radical (unpaired) electrons. The van der Waals surface area contributed by atoms with Gasteiger partial charge in [-0.3, -0.25) is 0 Å². The number of ether oxygens (including phenoxy) is 1. The standard InChI is InChI=1S/C17H19N5O2S2/c1-11-4-2-5-12(8-11)15-19-14(22-24-15)10-25-17-21-20-16(26-17)18-9-13-6-3-7-23-13/h2,4-5,8,13H,3,6-7,9-10H2,1H3,(H,18,20). The third-order valence-corrected chi connectivity index (χ3v) is 5.98. The van der Waals surface area contributed by atoms with E-state index in [1.807, 2.05) is 31.2 Å². The largest absolute Gasteiger partial charge is 0.376 e. The monoisotopic (exact) mass is 389 g/mol. The van der Waals surface area contributed by atoms with Crippen LogP contribution in [0.1, 0.15) is 24.2 Å². The molecule has 3 aromatic rings. The van der Waals surface area contributed by atoms with E-state index >= 15 is 0 Å². The molecule has 1 aromatic carbocycles. The van der Waals surface area contributed by atoms with Crippen LogP contribution >= 0.6 is 23.1 Å². The second-order valence-electron chi connectivity index (χ2n) is 6.06. The van der Waals surface area contributed by atoms with Crippen molar-refractivity contribution < 1.29 is 9.26 Å². The predicted molar refractivity (Wildman–Crippen MR) is 101 cm³/mol. The summed E-state index contributed by atoms with van der Waals surface area (Å²) in [4.78, 5) is 4.46. The molecule has 26 heavy (non-hydrogen) atoms. The molecular formula is C17H19N5O2S2. The Balaban J connectivity index is 1.30. The average Bonchev–Trinajstić information content (AvgIpc) is 3.39. The second kappa shape index (κ2) is 8.15. The van der Waals surface area contributed by atoms with Gasteiger partial charge in [0.1, 0.15) is 0 Å². The molecule has 1 aliphatic rings. The lowest BCUT2D eigenvalue weighted by Crippen LogP contribution is -2.18. The number of aromatic nitrogens is 4. The summed E-state index contributed by atoms with van der Waals surface area (Å²) < 4.78 is 11.8. The Bertz CT molecular complexity index is 860. The van der Waals surface area contributed by atoms with Gasteiger partial charge in [-0.05, 0) is 31.9 Å². The van der Waals surface area contributed by atoms with Crippen LogP contribution in [0.3, 0.4) is 0 Å². The number of benzene rings is 1. The number of hydrogen-bond donors (Lipinski definition) is 1. The van der Waals surface area contributed by atoms with Crippen molar-refractivity contribution in [2.45, 2.75) is 36.0 Å². The van der Waals surface area contributed by atoms with Gasteiger partial charge in [-0.15, -0.1) is 10.2 Å². The summed E-state index contributed by atoms with van der Waals surface area (Å²) in [6.45, 7) is 3.68. The normalized spacial score (nSPS) is 16.9. The first-order valence-corrected chi connectivity index (χ1v) is 10.3. The SMILES string of the molecule is Cc1cccc(-c2nc(CSc3nnc(NCC4CCCO4)s3)no2)c1. The fraction of sp³-hybridized carbons (Fsp3) is 0.412. The number of nitrogens with one attached hydrogen (secondary N) is 1. The number of anilines is 1. The molecule has 0 bridgehead atoms. The summed E-state index contributed by atoms with van der Waals surface area (Å²) in [5, 5.41) is 16.5. The number of hydrogen-bond acceptors (Lipinski definition) is 9. The molecule has 0 spiro atoms. The third kappa shape index (κ3) is 4.40. The average molecular weight is 390 g/mol. The number of rotatable bonds is 7. The molecule has 1 aliphatic heterocycles. The van der Waals surface area contributed by atoms with E-state index in [1.54, 1.807) is 11.8 Å². The van der Waals surface area contributed by atoms with Crippen LogP contribution < -0.4 is 5.32 Å². The van der Waals surface area contributed by atoms with E-state index in [1.165, 1.54) is 11.3 Å². The van der Waals surface area contributed by atoms with Crippen LogP contribution in [0.2, 0.25) is 0 Å². The highest BCUT2D eigenvalue weighted by molar-refractivity contribution is 8.00. The van der Waals surface area contributed by atoms with Crippen molar-refractivity contribution in [2.75, 3.05) is 18.5 Å². The van der Waals surface area contributed by atoms with Gasteiger partial charge in [0.2, 0.25) is 5.13 Å². The zero-order valence-corrected chi connectivity index (χ0v) is 16.0. The van der Waals surface area contributed by atoms with Crippen LogP contribution in [0.5, 0.6) is 0 Å². The quantitative estimate of drug-likeness (QED) is 0.611. The van der Waals surface area contributed by atoms with Crippen molar-refractivity contribution in [3.8, 4) is 11.5 Å². The molecule has 7 nitrogen and oxygen atoms in total. The smallest absolute Gasteiger partial charge is 0.257 e. The Morgan fingerprint density at radius 3 is 3.15 bits per heavy atom. The number of thioether (sulfide) groups is 1. The maximum atomic E-state index is 5.59. The lowest BCUT2D eigenvalue weighted by atomic mass is 10.1. The summed E-state index contributed by atoms with van der Waals surface area (Å²) in [5.74, 6) is 1.78. The maximum absolute atomic E-state index is 5.59. The Morgan fingerprint density at radius 2 is 2.31 bits per heavy atom. The van der Waals surface area contributed by atoms with Gasteiger partial charge in [0.05, 0.1) is 11.9 Å². The summed E-state index contributed by atoms with van der Waals surface area (Å²) in [7, 11) is 0. The van der Waals surface area contributed by atoms with Gasteiger partial charge >= 0.3 is 0 Å². The van der Waals surface area contributed by atoms with Gasteiger partial charge in [-0.1, -0.05) is 46.0 Å². The fourth-order valence-electron chi connectivity index (χ4n) is 2.68. The summed E-state index contributed by atoms with van der Waals surface area (Å²) in [5.41, 5.74) is 2.10. The van der Waals surface area contributed by atoms with Crippen molar-refractivity contribution >= 4 is 28.2 Å². The Kier molecular flexibility index (Phi) is 5.47. The minimum absolute atomic E-state index is 0.286. The molecule has 1 saturated heterocycles. The van der Waals surface area contributed by atoms with Crippen LogP contribution in [0.4, 0.5) is 5.13 Å². The highest BCUT2D eigenvalue weighted by atomic mass is 32.2. The molecule has 1 unspecified atom stereocenters. The van der Waals surface area contributed by atoms with Crippen LogP contribution in [0, 0.1) is 6.92 Å². The van der Waals surface area contributed by atoms with Gasteiger partial charge in [-0.25, -0.2) is 0 Å². The van der Waals surface area contributed by atoms with Crippen molar-refractivity contribution in [1.29, 1.82) is 0 Å². The van der Waals surface area contributed by atoms with E-state index in [2.05, 4.69) is 25.7 Å². The molecule has 0 amide bonds. The molecule has 3 heterocycles. The predicted octanol–water partition coefficient (Wildman–Crippen LogP) is 3.78. The summed E-state index contributed by atoms with van der Waals surface area (Å²) in [6.07, 6.45) is 2.53. The highest BCUT2D eigenvalue weighted by Gasteiger charge is 2.16. The first kappa shape index (κ1) is 17.4. The third-order valence-electron chi connectivity index (χ3n) is 3.97. The zero-order chi connectivity index (χ0) is 17.8. The second-order valence-corrected chi connectivity index (χ2v) is 8.26. The van der Waals surface area contributed by atoms with E-state index in [-0.39, 0.29) is 6.10 Å². The molecule has 1 fully saturated rings. The summed E-state index contributed by atoms with van der Waals surface area (Å²) in [6, 6.07) is 8.02. The highest BCUT2D eigenvalue weighted by Crippen LogP contribution is 2.28. The maximum Gasteiger partial charge on any atom is 0.257 e. The number of aryl methyl sites for hydroxylation is 1. The molecule has 1 atom stereocenters. The first-order chi connectivity index (χ1) is 12.8. The zero-order valence-electron chi connectivity index (χ0n) is 14.3. The van der Waals surface area contributed by atoms with E-state index in [0.717, 1.165) is 46.6 Å². The molecule has 2 aromatic heterocycles. The first-order valence-electron chi connectivity index (χ1n) is 8.48. The van der Waals surface area contributed by atoms with Crippen molar-refractivity contribution in [3.05, 3.63) is 35.7 Å². The van der Waals surface area contributed by atoms with Gasteiger partial charge in [-0.2, -0.15) is 4.98 Å². The van der Waals surface area contributed by atoms with Crippen molar-refractivity contribution in [2.24, 2.45) is 0 Å². The molecule has 0 aliphatic carbocycles. The molecule has 4 rings (SSSR count). The van der Waals surface area contributed by atoms with Gasteiger partial charge in [0, 0.05) is 18.7 Å². The van der Waals surface area contributed by atoms with Crippen molar-refractivity contribution in [1.82, 2.24) is 20.3 Å². The molecule has 9 heteroatoms. The van der Waals surface area contributed by atoms with Gasteiger partial charge < -0.3 is 14.6 Å². The van der Waals surface area contributed by atoms with Crippen LogP contribution in [-0.2, 0) is 10.5 Å². The lowest BCUT2D eigenvalue weighted by Gasteiger charge is -2.08. The molecule has 1 N–H and O–H groups in total. The number of nitrogens with zero attached hydrogens (tertiary/aromatic N) is 4. The summed E-state index contributed by atoms with van der Waals surface area (Å²) >= 11 is 3.08. The van der Waals surface area contributed by atoms with E-state index in [9.17, 15) is 0 Å². The topological polar surface area (TPSA) is 86.0 Å². The lowest BCUT2D eigenvalue weighted by molar-refractivity contribution is 0.120. The molecular weight excluding hydrogens is 370 g/mol. The van der Waals surface area contributed by atoms with Crippen LogP contribution in [-0.4, -0.2) is 39.6 Å². The van der Waals surface area contributed by atoms with Crippen LogP contribution in [0.15, 0.2) is 33.1 Å². The van der Waals surface area contributed by atoms with Gasteiger partial charge in [0.25, 0.3) is 5.89 Å². The molecule has 136 valence electrons. The Hall–Kier alpha value is -1.97. The fourth-order valence-corrected chi connectivity index (χ4v) is 4.28.